The van der Waals surface area contributed by atoms with Crippen molar-refractivity contribution in [2.75, 3.05) is 18.1 Å². The molecule has 0 bridgehead atoms. The lowest BCUT2D eigenvalue weighted by atomic mass is 10.2. The number of nitrogens with two attached hydrogens (primary N) is 1. The molecule has 3 N–H and O–H groups in total. The number of rotatable bonds is 5. The van der Waals surface area contributed by atoms with Crippen LogP contribution in [-0.4, -0.2) is 26.0 Å². The van der Waals surface area contributed by atoms with E-state index in [4.69, 9.17) is 5.14 Å². The van der Waals surface area contributed by atoms with E-state index in [0.717, 1.165) is 12.2 Å². The first-order valence-corrected chi connectivity index (χ1v) is 7.94. The summed E-state index contributed by atoms with van der Waals surface area (Å²) in [6.45, 7) is 5.09. The third-order valence-corrected chi connectivity index (χ3v) is 4.63. The molecular formula is C11H18N2O2S2. The van der Waals surface area contributed by atoms with Gasteiger partial charge in [-0.1, -0.05) is 0 Å². The van der Waals surface area contributed by atoms with Crippen LogP contribution in [0.2, 0.25) is 0 Å². The van der Waals surface area contributed by atoms with Gasteiger partial charge in [-0.05, 0) is 44.4 Å². The van der Waals surface area contributed by atoms with E-state index in [1.54, 1.807) is 23.9 Å². The lowest BCUT2D eigenvalue weighted by molar-refractivity contribution is 0.598. The molecule has 0 amide bonds. The van der Waals surface area contributed by atoms with Gasteiger partial charge in [-0.2, -0.15) is 11.8 Å². The van der Waals surface area contributed by atoms with Gasteiger partial charge in [0, 0.05) is 17.0 Å². The van der Waals surface area contributed by atoms with Gasteiger partial charge in [-0.25, -0.2) is 13.6 Å². The Morgan fingerprint density at radius 2 is 1.82 bits per heavy atom. The highest BCUT2D eigenvalue weighted by Crippen LogP contribution is 2.22. The minimum Gasteiger partial charge on any atom is -0.384 e. The summed E-state index contributed by atoms with van der Waals surface area (Å²) in [5, 5.41) is 8.28. The van der Waals surface area contributed by atoms with Crippen molar-refractivity contribution in [3.05, 3.63) is 24.3 Å². The minimum absolute atomic E-state index is 0.132. The summed E-state index contributed by atoms with van der Waals surface area (Å²) >= 11 is 1.78. The predicted octanol–water partition coefficient (Wildman–Crippen LogP) is 1.89. The summed E-state index contributed by atoms with van der Waals surface area (Å²) < 4.78 is 22.3. The largest absolute Gasteiger partial charge is 0.384 e. The van der Waals surface area contributed by atoms with Crippen molar-refractivity contribution < 1.29 is 8.42 Å². The van der Waals surface area contributed by atoms with Crippen molar-refractivity contribution >= 4 is 27.5 Å². The van der Waals surface area contributed by atoms with Crippen LogP contribution in [0.25, 0.3) is 0 Å². The van der Waals surface area contributed by atoms with Crippen LogP contribution in [0, 0.1) is 0 Å². The SMILES string of the molecule is CSC(C)(C)CNc1ccc(S(N)(=O)=O)cc1. The van der Waals surface area contributed by atoms with E-state index in [2.05, 4.69) is 25.4 Å². The van der Waals surface area contributed by atoms with Gasteiger partial charge in [0.1, 0.15) is 0 Å². The molecule has 0 aromatic heterocycles. The van der Waals surface area contributed by atoms with Crippen molar-refractivity contribution in [3.8, 4) is 0 Å². The Balaban J connectivity index is 2.70. The fraction of sp³-hybridized carbons (Fsp3) is 0.455. The summed E-state index contributed by atoms with van der Waals surface area (Å²) in [6.07, 6.45) is 2.06. The van der Waals surface area contributed by atoms with Crippen LogP contribution < -0.4 is 10.5 Å². The molecule has 1 rings (SSSR count). The second kappa shape index (κ2) is 5.29. The monoisotopic (exact) mass is 274 g/mol. The number of anilines is 1. The molecule has 17 heavy (non-hydrogen) atoms. The van der Waals surface area contributed by atoms with Crippen LogP contribution in [0.15, 0.2) is 29.2 Å². The fourth-order valence-electron chi connectivity index (χ4n) is 1.15. The number of hydrogen-bond acceptors (Lipinski definition) is 4. The Morgan fingerprint density at radius 3 is 2.24 bits per heavy atom. The molecule has 0 saturated heterocycles. The molecule has 0 radical (unpaired) electrons. The average Bonchev–Trinajstić information content (AvgIpc) is 2.26. The van der Waals surface area contributed by atoms with Gasteiger partial charge in [0.25, 0.3) is 0 Å². The normalized spacial score (nSPS) is 12.5. The Hall–Kier alpha value is -0.720. The Kier molecular flexibility index (Phi) is 4.46. The zero-order valence-electron chi connectivity index (χ0n) is 10.2. The summed E-state index contributed by atoms with van der Waals surface area (Å²) in [6, 6.07) is 6.44. The predicted molar refractivity (Wildman–Crippen MR) is 73.9 cm³/mol. The van der Waals surface area contributed by atoms with E-state index in [0.29, 0.717) is 0 Å². The molecule has 0 aliphatic heterocycles. The maximum Gasteiger partial charge on any atom is 0.238 e. The van der Waals surface area contributed by atoms with Crippen LogP contribution in [-0.2, 0) is 10.0 Å². The molecule has 0 aliphatic carbocycles. The molecule has 0 heterocycles. The maximum absolute atomic E-state index is 11.1. The number of primary sulfonamides is 1. The third-order valence-electron chi connectivity index (χ3n) is 2.45. The van der Waals surface area contributed by atoms with E-state index in [9.17, 15) is 8.42 Å². The summed E-state index contributed by atoms with van der Waals surface area (Å²) in [7, 11) is -3.60. The lowest BCUT2D eigenvalue weighted by Crippen LogP contribution is -2.25. The molecule has 4 nitrogen and oxygen atoms in total. The molecule has 0 spiro atoms. The molecule has 96 valence electrons. The summed E-state index contributed by atoms with van der Waals surface area (Å²) in [5.41, 5.74) is 0.888. The standard InChI is InChI=1S/C11H18N2O2S2/c1-11(2,16-3)8-13-9-4-6-10(7-5-9)17(12,14)15/h4-7,13H,8H2,1-3H3,(H2,12,14,15). The zero-order valence-corrected chi connectivity index (χ0v) is 11.9. The van der Waals surface area contributed by atoms with Crippen LogP contribution in [0.5, 0.6) is 0 Å². The molecule has 0 unspecified atom stereocenters. The molecular weight excluding hydrogens is 256 g/mol. The number of benzene rings is 1. The summed E-state index contributed by atoms with van der Waals surface area (Å²) in [4.78, 5) is 0.132. The number of thioether (sulfide) groups is 1. The molecule has 1 aromatic rings. The zero-order chi connectivity index (χ0) is 13.1. The fourth-order valence-corrected chi connectivity index (χ4v) is 1.88. The van der Waals surface area contributed by atoms with Crippen LogP contribution in [0.4, 0.5) is 5.69 Å². The second-order valence-electron chi connectivity index (χ2n) is 4.39. The van der Waals surface area contributed by atoms with Crippen LogP contribution in [0.3, 0.4) is 0 Å². The van der Waals surface area contributed by atoms with Gasteiger partial charge >= 0.3 is 0 Å². The second-order valence-corrected chi connectivity index (χ2v) is 7.46. The smallest absolute Gasteiger partial charge is 0.238 e. The highest BCUT2D eigenvalue weighted by molar-refractivity contribution is 7.99. The van der Waals surface area contributed by atoms with Gasteiger partial charge < -0.3 is 5.32 Å². The number of nitrogens with one attached hydrogen (secondary N) is 1. The molecule has 0 atom stereocenters. The van der Waals surface area contributed by atoms with Crippen LogP contribution in [0.1, 0.15) is 13.8 Å². The van der Waals surface area contributed by atoms with Crippen molar-refractivity contribution in [3.63, 3.8) is 0 Å². The number of sulfonamides is 1. The average molecular weight is 274 g/mol. The lowest BCUT2D eigenvalue weighted by Gasteiger charge is -2.22. The third kappa shape index (κ3) is 4.57. The van der Waals surface area contributed by atoms with E-state index in [1.807, 2.05) is 0 Å². The number of hydrogen-bond donors (Lipinski definition) is 2. The van der Waals surface area contributed by atoms with Gasteiger partial charge in [-0.15, -0.1) is 0 Å². The Labute approximate surface area is 107 Å². The molecule has 0 aliphatic rings. The van der Waals surface area contributed by atoms with Crippen LogP contribution >= 0.6 is 11.8 Å². The molecule has 6 heteroatoms. The van der Waals surface area contributed by atoms with Gasteiger partial charge in [0.05, 0.1) is 4.90 Å². The van der Waals surface area contributed by atoms with Gasteiger partial charge in [0.2, 0.25) is 10.0 Å². The first-order chi connectivity index (χ1) is 7.74. The van der Waals surface area contributed by atoms with Gasteiger partial charge in [0.15, 0.2) is 0 Å². The first-order valence-electron chi connectivity index (χ1n) is 5.16. The summed E-state index contributed by atoms with van der Waals surface area (Å²) in [5.74, 6) is 0. The van der Waals surface area contributed by atoms with Crippen molar-refractivity contribution in [1.29, 1.82) is 0 Å². The van der Waals surface area contributed by atoms with Crippen molar-refractivity contribution in [1.82, 2.24) is 0 Å². The minimum atomic E-state index is -3.60. The highest BCUT2D eigenvalue weighted by Gasteiger charge is 2.15. The quantitative estimate of drug-likeness (QED) is 0.860. The molecule has 0 saturated carbocycles. The van der Waals surface area contributed by atoms with Crippen molar-refractivity contribution in [2.45, 2.75) is 23.5 Å². The van der Waals surface area contributed by atoms with E-state index < -0.39 is 10.0 Å². The van der Waals surface area contributed by atoms with E-state index in [-0.39, 0.29) is 9.64 Å². The topological polar surface area (TPSA) is 72.2 Å². The maximum atomic E-state index is 11.1. The van der Waals surface area contributed by atoms with Crippen molar-refractivity contribution in [2.24, 2.45) is 5.14 Å². The molecule has 0 fully saturated rings. The highest BCUT2D eigenvalue weighted by atomic mass is 32.2. The Bertz CT molecular complexity index is 467. The Morgan fingerprint density at radius 1 is 1.29 bits per heavy atom. The van der Waals surface area contributed by atoms with E-state index in [1.165, 1.54) is 12.1 Å². The van der Waals surface area contributed by atoms with E-state index >= 15 is 0 Å². The molecule has 1 aromatic carbocycles. The first kappa shape index (κ1) is 14.3. The van der Waals surface area contributed by atoms with Gasteiger partial charge in [-0.3, -0.25) is 0 Å².